The van der Waals surface area contributed by atoms with Gasteiger partial charge in [-0.15, -0.1) is 22.7 Å². The Hall–Kier alpha value is -2.05. The Labute approximate surface area is 186 Å². The molecule has 1 amide bonds. The van der Waals surface area contributed by atoms with Crippen LogP contribution in [0.4, 0.5) is 0 Å². The summed E-state index contributed by atoms with van der Waals surface area (Å²) in [5.74, 6) is 0.0170. The number of carbonyl (C=O) groups is 1. The van der Waals surface area contributed by atoms with Gasteiger partial charge in [0.15, 0.2) is 0 Å². The molecule has 1 saturated heterocycles. The van der Waals surface area contributed by atoms with Gasteiger partial charge in [0.05, 0.1) is 16.5 Å². The second-order valence-electron chi connectivity index (χ2n) is 6.90. The van der Waals surface area contributed by atoms with Crippen molar-refractivity contribution in [1.82, 2.24) is 14.8 Å². The number of nitrogens with zero attached hydrogens (tertiary/aromatic N) is 4. The highest BCUT2D eigenvalue weighted by Crippen LogP contribution is 2.32. The number of hydrogen-bond donors (Lipinski definition) is 0. The van der Waals surface area contributed by atoms with Gasteiger partial charge in [-0.2, -0.15) is 5.26 Å². The topological polar surface area (TPSA) is 60.2 Å². The predicted molar refractivity (Wildman–Crippen MR) is 120 cm³/mol. The zero-order chi connectivity index (χ0) is 20.2. The van der Waals surface area contributed by atoms with Crippen molar-refractivity contribution in [3.05, 3.63) is 62.4 Å². The zero-order valence-corrected chi connectivity index (χ0v) is 18.9. The molecule has 0 atom stereocenters. The van der Waals surface area contributed by atoms with Crippen molar-refractivity contribution in [2.75, 3.05) is 26.2 Å². The summed E-state index contributed by atoms with van der Waals surface area (Å²) >= 11 is 6.60. The van der Waals surface area contributed by atoms with E-state index in [2.05, 4.69) is 31.9 Å². The first kappa shape index (κ1) is 20.2. The van der Waals surface area contributed by atoms with Gasteiger partial charge in [0.1, 0.15) is 10.7 Å². The molecule has 1 fully saturated rings. The number of thiophene rings is 1. The average molecular weight is 487 g/mol. The van der Waals surface area contributed by atoms with Crippen LogP contribution in [0.2, 0.25) is 0 Å². The van der Waals surface area contributed by atoms with Crippen LogP contribution in [0.15, 0.2) is 45.6 Å². The van der Waals surface area contributed by atoms with E-state index in [1.165, 1.54) is 16.9 Å². The van der Waals surface area contributed by atoms with Gasteiger partial charge < -0.3 is 4.90 Å². The molecule has 29 heavy (non-hydrogen) atoms. The van der Waals surface area contributed by atoms with Crippen molar-refractivity contribution in [2.45, 2.75) is 13.0 Å². The lowest BCUT2D eigenvalue weighted by atomic mass is 10.1. The molecule has 8 heteroatoms. The van der Waals surface area contributed by atoms with Crippen molar-refractivity contribution in [3.63, 3.8) is 0 Å². The van der Waals surface area contributed by atoms with Gasteiger partial charge in [0.25, 0.3) is 5.91 Å². The zero-order valence-electron chi connectivity index (χ0n) is 15.7. The van der Waals surface area contributed by atoms with Crippen LogP contribution in [0.25, 0.3) is 9.88 Å². The third-order valence-corrected chi connectivity index (χ3v) is 7.57. The Morgan fingerprint density at radius 2 is 1.97 bits per heavy atom. The highest BCUT2D eigenvalue weighted by Gasteiger charge is 2.22. The lowest BCUT2D eigenvalue weighted by Gasteiger charge is -2.21. The van der Waals surface area contributed by atoms with E-state index in [1.54, 1.807) is 11.3 Å². The highest BCUT2D eigenvalue weighted by atomic mass is 79.9. The molecular formula is C21H19BrN4OS2. The second kappa shape index (κ2) is 9.18. The fraction of sp³-hybridized carbons (Fsp3) is 0.286. The fourth-order valence-electron chi connectivity index (χ4n) is 3.35. The summed E-state index contributed by atoms with van der Waals surface area (Å²) in [6.45, 7) is 4.07. The summed E-state index contributed by atoms with van der Waals surface area (Å²) in [5.41, 5.74) is 2.41. The molecule has 4 rings (SSSR count). The van der Waals surface area contributed by atoms with Gasteiger partial charge in [-0.1, -0.05) is 12.1 Å². The molecule has 1 aliphatic heterocycles. The SMILES string of the molecule is N#Cc1ccc(CN2CCCN(C(=O)c3csc(-c4cc(Br)cs4)n3)CC2)cc1. The predicted octanol–water partition coefficient (Wildman–Crippen LogP) is 4.85. The van der Waals surface area contributed by atoms with Crippen LogP contribution in [0, 0.1) is 11.3 Å². The van der Waals surface area contributed by atoms with Crippen LogP contribution >= 0.6 is 38.6 Å². The van der Waals surface area contributed by atoms with Crippen LogP contribution in [0.1, 0.15) is 28.0 Å². The van der Waals surface area contributed by atoms with Crippen LogP contribution in [0.5, 0.6) is 0 Å². The molecule has 1 aliphatic rings. The summed E-state index contributed by atoms with van der Waals surface area (Å²) in [4.78, 5) is 22.9. The van der Waals surface area contributed by atoms with Gasteiger partial charge in [-0.05, 0) is 46.1 Å². The van der Waals surface area contributed by atoms with E-state index >= 15 is 0 Å². The molecule has 2 aromatic heterocycles. The Balaban J connectivity index is 1.37. The molecule has 0 aliphatic carbocycles. The Bertz CT molecular complexity index is 1040. The summed E-state index contributed by atoms with van der Waals surface area (Å²) in [6.07, 6.45) is 0.941. The maximum Gasteiger partial charge on any atom is 0.273 e. The van der Waals surface area contributed by atoms with Crippen molar-refractivity contribution >= 4 is 44.5 Å². The monoisotopic (exact) mass is 486 g/mol. The minimum Gasteiger partial charge on any atom is -0.336 e. The van der Waals surface area contributed by atoms with E-state index in [9.17, 15) is 4.79 Å². The summed E-state index contributed by atoms with van der Waals surface area (Å²) in [6, 6.07) is 11.9. The van der Waals surface area contributed by atoms with Crippen LogP contribution < -0.4 is 0 Å². The lowest BCUT2D eigenvalue weighted by molar-refractivity contribution is 0.0756. The maximum absolute atomic E-state index is 13.0. The van der Waals surface area contributed by atoms with E-state index in [0.717, 1.165) is 47.0 Å². The lowest BCUT2D eigenvalue weighted by Crippen LogP contribution is -2.35. The van der Waals surface area contributed by atoms with Gasteiger partial charge in [0.2, 0.25) is 0 Å². The minimum absolute atomic E-state index is 0.0170. The first-order valence-corrected chi connectivity index (χ1v) is 11.9. The van der Waals surface area contributed by atoms with E-state index in [1.807, 2.05) is 46.0 Å². The van der Waals surface area contributed by atoms with Crippen LogP contribution in [-0.4, -0.2) is 46.9 Å². The largest absolute Gasteiger partial charge is 0.336 e. The molecule has 0 saturated carbocycles. The Morgan fingerprint density at radius 3 is 2.69 bits per heavy atom. The van der Waals surface area contributed by atoms with Crippen molar-refractivity contribution in [1.29, 1.82) is 5.26 Å². The summed E-state index contributed by atoms with van der Waals surface area (Å²) in [7, 11) is 0. The quantitative estimate of drug-likeness (QED) is 0.528. The average Bonchev–Trinajstić information content (AvgIpc) is 3.33. The molecule has 0 spiro atoms. The van der Waals surface area contributed by atoms with Gasteiger partial charge in [0, 0.05) is 48.0 Å². The van der Waals surface area contributed by atoms with E-state index in [0.29, 0.717) is 17.8 Å². The molecule has 0 bridgehead atoms. The van der Waals surface area contributed by atoms with Gasteiger partial charge in [-0.3, -0.25) is 9.69 Å². The second-order valence-corrected chi connectivity index (χ2v) is 9.58. The number of halogens is 1. The van der Waals surface area contributed by atoms with Crippen molar-refractivity contribution in [2.24, 2.45) is 0 Å². The minimum atomic E-state index is 0.0170. The fourth-order valence-corrected chi connectivity index (χ4v) is 5.65. The number of nitriles is 1. The highest BCUT2D eigenvalue weighted by molar-refractivity contribution is 9.10. The Kier molecular flexibility index (Phi) is 6.40. The molecule has 0 N–H and O–H groups in total. The molecule has 148 valence electrons. The van der Waals surface area contributed by atoms with Crippen LogP contribution in [-0.2, 0) is 6.54 Å². The number of carbonyl (C=O) groups excluding carboxylic acids is 1. The first-order valence-electron chi connectivity index (χ1n) is 9.33. The summed E-state index contributed by atoms with van der Waals surface area (Å²) < 4.78 is 1.04. The van der Waals surface area contributed by atoms with Crippen molar-refractivity contribution in [3.8, 4) is 16.0 Å². The number of amides is 1. The molecule has 5 nitrogen and oxygen atoms in total. The van der Waals surface area contributed by atoms with Gasteiger partial charge >= 0.3 is 0 Å². The third-order valence-electron chi connectivity index (χ3n) is 4.87. The maximum atomic E-state index is 13.0. The molecule has 3 aromatic rings. The molecule has 0 radical (unpaired) electrons. The molecule has 1 aromatic carbocycles. The smallest absolute Gasteiger partial charge is 0.273 e. The number of benzene rings is 1. The van der Waals surface area contributed by atoms with E-state index < -0.39 is 0 Å². The molecule has 3 heterocycles. The number of rotatable bonds is 4. The summed E-state index contributed by atoms with van der Waals surface area (Å²) in [5, 5.41) is 13.7. The van der Waals surface area contributed by atoms with Crippen molar-refractivity contribution < 1.29 is 4.79 Å². The molecular weight excluding hydrogens is 468 g/mol. The normalized spacial score (nSPS) is 15.1. The third kappa shape index (κ3) is 4.93. The number of thiazole rings is 1. The number of hydrogen-bond acceptors (Lipinski definition) is 6. The molecule has 0 unspecified atom stereocenters. The first-order chi connectivity index (χ1) is 14.1. The van der Waals surface area contributed by atoms with Crippen LogP contribution in [0.3, 0.4) is 0 Å². The standard InChI is InChI=1S/C21H19BrN4OS2/c22-17-10-19(28-13-17)20-24-18(14-29-20)21(27)26-7-1-6-25(8-9-26)12-16-4-2-15(11-23)3-5-16/h2-5,10,13-14H,1,6-9,12H2. The number of aromatic nitrogens is 1. The Morgan fingerprint density at radius 1 is 1.14 bits per heavy atom. The van der Waals surface area contributed by atoms with E-state index in [-0.39, 0.29) is 5.91 Å². The van der Waals surface area contributed by atoms with Gasteiger partial charge in [-0.25, -0.2) is 4.98 Å². The van der Waals surface area contributed by atoms with E-state index in [4.69, 9.17) is 5.26 Å².